The number of hydrogen-bond acceptors (Lipinski definition) is 4. The summed E-state index contributed by atoms with van der Waals surface area (Å²) in [7, 11) is 3.37. The summed E-state index contributed by atoms with van der Waals surface area (Å²) in [5, 5.41) is 8.86. The molecular formula is C13H19NO3. The highest BCUT2D eigenvalue weighted by molar-refractivity contribution is 5.54. The van der Waals surface area contributed by atoms with Crippen LogP contribution in [-0.4, -0.2) is 19.4 Å². The van der Waals surface area contributed by atoms with E-state index in [9.17, 15) is 0 Å². The van der Waals surface area contributed by atoms with Gasteiger partial charge in [0.25, 0.3) is 0 Å². The van der Waals surface area contributed by atoms with Crippen LogP contribution in [0.25, 0.3) is 0 Å². The molecule has 0 spiro atoms. The maximum absolute atomic E-state index is 8.86. The quantitative estimate of drug-likeness (QED) is 0.787. The Labute approximate surface area is 102 Å². The Balaban J connectivity index is 2.54. The number of ether oxygens (including phenoxy) is 2. The van der Waals surface area contributed by atoms with Gasteiger partial charge in [-0.25, -0.2) is 5.48 Å². The minimum Gasteiger partial charge on any atom is -0.496 e. The lowest BCUT2D eigenvalue weighted by molar-refractivity contribution is 0.160. The van der Waals surface area contributed by atoms with E-state index in [-0.39, 0.29) is 0 Å². The minimum absolute atomic E-state index is 0.368. The molecule has 94 valence electrons. The third-order valence-electron chi connectivity index (χ3n) is 3.33. The van der Waals surface area contributed by atoms with E-state index in [0.717, 1.165) is 29.9 Å². The summed E-state index contributed by atoms with van der Waals surface area (Å²) in [6.45, 7) is 0.368. The molecule has 0 aromatic heterocycles. The average Bonchev–Trinajstić information content (AvgIpc) is 2.38. The number of nitrogens with one attached hydrogen (secondary N) is 1. The maximum Gasteiger partial charge on any atom is 0.127 e. The molecule has 0 bridgehead atoms. The summed E-state index contributed by atoms with van der Waals surface area (Å²) in [6, 6.07) is 1.95. The molecule has 0 amide bonds. The van der Waals surface area contributed by atoms with Crippen molar-refractivity contribution < 1.29 is 14.7 Å². The lowest BCUT2D eigenvalue weighted by atomic mass is 9.88. The molecule has 0 heterocycles. The maximum atomic E-state index is 8.86. The normalized spacial score (nSPS) is 14.3. The van der Waals surface area contributed by atoms with Gasteiger partial charge in [-0.05, 0) is 31.7 Å². The molecule has 4 heteroatoms. The van der Waals surface area contributed by atoms with E-state index in [1.165, 1.54) is 24.0 Å². The van der Waals surface area contributed by atoms with E-state index < -0.39 is 0 Å². The number of hydrogen-bond donors (Lipinski definition) is 2. The van der Waals surface area contributed by atoms with Crippen molar-refractivity contribution in [3.05, 3.63) is 22.8 Å². The molecule has 0 radical (unpaired) electrons. The Bertz CT molecular complexity index is 404. The SMILES string of the molecule is COc1cc(CNO)c(OC)c2c1CCCC2. The number of fused-ring (bicyclic) bond motifs is 1. The zero-order valence-electron chi connectivity index (χ0n) is 10.4. The molecule has 2 rings (SSSR count). The predicted octanol–water partition coefficient (Wildman–Crippen LogP) is 2.06. The van der Waals surface area contributed by atoms with Gasteiger partial charge in [-0.15, -0.1) is 0 Å². The van der Waals surface area contributed by atoms with E-state index in [4.69, 9.17) is 14.7 Å². The molecule has 1 aliphatic rings. The van der Waals surface area contributed by atoms with Crippen molar-refractivity contribution in [2.75, 3.05) is 14.2 Å². The molecule has 0 atom stereocenters. The van der Waals surface area contributed by atoms with Crippen LogP contribution in [0.3, 0.4) is 0 Å². The van der Waals surface area contributed by atoms with Crippen molar-refractivity contribution >= 4 is 0 Å². The van der Waals surface area contributed by atoms with E-state index >= 15 is 0 Å². The van der Waals surface area contributed by atoms with Crippen LogP contribution in [0.2, 0.25) is 0 Å². The second-order valence-electron chi connectivity index (χ2n) is 4.27. The highest BCUT2D eigenvalue weighted by Gasteiger charge is 2.21. The average molecular weight is 237 g/mol. The van der Waals surface area contributed by atoms with Gasteiger partial charge in [0.2, 0.25) is 0 Å². The Morgan fingerprint density at radius 1 is 1.18 bits per heavy atom. The first-order valence-electron chi connectivity index (χ1n) is 5.94. The van der Waals surface area contributed by atoms with Gasteiger partial charge in [-0.2, -0.15) is 0 Å². The smallest absolute Gasteiger partial charge is 0.127 e. The zero-order valence-corrected chi connectivity index (χ0v) is 10.4. The number of hydroxylamine groups is 1. The van der Waals surface area contributed by atoms with Crippen LogP contribution in [-0.2, 0) is 19.4 Å². The highest BCUT2D eigenvalue weighted by atomic mass is 16.5. The summed E-state index contributed by atoms with van der Waals surface area (Å²) < 4.78 is 10.9. The van der Waals surface area contributed by atoms with Gasteiger partial charge >= 0.3 is 0 Å². The molecular weight excluding hydrogens is 218 g/mol. The van der Waals surface area contributed by atoms with E-state index in [1.54, 1.807) is 14.2 Å². The van der Waals surface area contributed by atoms with Crippen LogP contribution in [0.4, 0.5) is 0 Å². The van der Waals surface area contributed by atoms with Crippen molar-refractivity contribution in [1.29, 1.82) is 0 Å². The minimum atomic E-state index is 0.368. The monoisotopic (exact) mass is 237 g/mol. The second kappa shape index (κ2) is 5.38. The summed E-state index contributed by atoms with van der Waals surface area (Å²) >= 11 is 0. The van der Waals surface area contributed by atoms with Crippen molar-refractivity contribution in [2.45, 2.75) is 32.2 Å². The van der Waals surface area contributed by atoms with Crippen molar-refractivity contribution in [1.82, 2.24) is 5.48 Å². The number of rotatable bonds is 4. The summed E-state index contributed by atoms with van der Waals surface area (Å²) in [4.78, 5) is 0. The number of benzene rings is 1. The van der Waals surface area contributed by atoms with Crippen molar-refractivity contribution in [2.24, 2.45) is 0 Å². The van der Waals surface area contributed by atoms with Crippen molar-refractivity contribution in [3.63, 3.8) is 0 Å². The molecule has 2 N–H and O–H groups in total. The van der Waals surface area contributed by atoms with Gasteiger partial charge in [0.05, 0.1) is 14.2 Å². The molecule has 1 aliphatic carbocycles. The van der Waals surface area contributed by atoms with Gasteiger partial charge in [0, 0.05) is 23.2 Å². The van der Waals surface area contributed by atoms with Gasteiger partial charge in [0.15, 0.2) is 0 Å². The van der Waals surface area contributed by atoms with E-state index in [2.05, 4.69) is 5.48 Å². The van der Waals surface area contributed by atoms with E-state index in [1.807, 2.05) is 6.07 Å². The van der Waals surface area contributed by atoms with Gasteiger partial charge in [0.1, 0.15) is 11.5 Å². The third-order valence-corrected chi connectivity index (χ3v) is 3.33. The second-order valence-corrected chi connectivity index (χ2v) is 4.27. The number of methoxy groups -OCH3 is 2. The molecule has 0 unspecified atom stereocenters. The van der Waals surface area contributed by atoms with Crippen LogP contribution in [0.5, 0.6) is 11.5 Å². The first-order chi connectivity index (χ1) is 8.31. The molecule has 0 aliphatic heterocycles. The molecule has 1 aromatic carbocycles. The Morgan fingerprint density at radius 3 is 2.47 bits per heavy atom. The summed E-state index contributed by atoms with van der Waals surface area (Å²) in [5.74, 6) is 1.80. The van der Waals surface area contributed by atoms with Crippen LogP contribution in [0, 0.1) is 0 Å². The Morgan fingerprint density at radius 2 is 1.88 bits per heavy atom. The summed E-state index contributed by atoms with van der Waals surface area (Å²) in [5.41, 5.74) is 5.62. The lowest BCUT2D eigenvalue weighted by Crippen LogP contribution is -2.13. The third kappa shape index (κ3) is 2.23. The standard InChI is InChI=1S/C13H19NO3/c1-16-12-7-9(8-14-15)13(17-2)11-6-4-3-5-10(11)12/h7,14-15H,3-6,8H2,1-2H3. The molecule has 0 saturated carbocycles. The Kier molecular flexibility index (Phi) is 3.86. The fraction of sp³-hybridized carbons (Fsp3) is 0.538. The first-order valence-corrected chi connectivity index (χ1v) is 5.94. The molecule has 0 fully saturated rings. The topological polar surface area (TPSA) is 50.7 Å². The van der Waals surface area contributed by atoms with Crippen LogP contribution in [0.15, 0.2) is 6.07 Å². The van der Waals surface area contributed by atoms with Crippen LogP contribution in [0.1, 0.15) is 29.5 Å². The Hall–Kier alpha value is -1.26. The predicted molar refractivity (Wildman–Crippen MR) is 64.8 cm³/mol. The zero-order chi connectivity index (χ0) is 12.3. The molecule has 17 heavy (non-hydrogen) atoms. The molecule has 4 nitrogen and oxygen atoms in total. The molecule has 1 aromatic rings. The van der Waals surface area contributed by atoms with Gasteiger partial charge in [-0.3, -0.25) is 0 Å². The van der Waals surface area contributed by atoms with Crippen LogP contribution >= 0.6 is 0 Å². The highest BCUT2D eigenvalue weighted by Crippen LogP contribution is 2.38. The van der Waals surface area contributed by atoms with E-state index in [0.29, 0.717) is 6.54 Å². The van der Waals surface area contributed by atoms with Crippen molar-refractivity contribution in [3.8, 4) is 11.5 Å². The lowest BCUT2D eigenvalue weighted by Gasteiger charge is -2.23. The fourth-order valence-corrected chi connectivity index (χ4v) is 2.59. The van der Waals surface area contributed by atoms with Gasteiger partial charge < -0.3 is 14.7 Å². The van der Waals surface area contributed by atoms with Crippen LogP contribution < -0.4 is 15.0 Å². The largest absolute Gasteiger partial charge is 0.496 e. The molecule has 0 saturated heterocycles. The summed E-state index contributed by atoms with van der Waals surface area (Å²) in [6.07, 6.45) is 4.45. The first kappa shape index (κ1) is 12.2. The fourth-order valence-electron chi connectivity index (χ4n) is 2.59. The van der Waals surface area contributed by atoms with Gasteiger partial charge in [-0.1, -0.05) is 0 Å².